The van der Waals surface area contributed by atoms with E-state index in [9.17, 15) is 23.7 Å². The molecule has 1 aliphatic rings. The van der Waals surface area contributed by atoms with Gasteiger partial charge in [0.25, 0.3) is 0 Å². The summed E-state index contributed by atoms with van der Waals surface area (Å²) in [5, 5.41) is 41.9. The molecule has 10 nitrogen and oxygen atoms in total. The number of hydrogen-bond acceptors (Lipinski definition) is 10. The van der Waals surface area contributed by atoms with Crippen molar-refractivity contribution in [2.75, 3.05) is 6.61 Å². The van der Waals surface area contributed by atoms with E-state index in [4.69, 9.17) is 14.4 Å². The van der Waals surface area contributed by atoms with E-state index in [2.05, 4.69) is 9.44 Å². The molecule has 6 atom stereocenters. The van der Waals surface area contributed by atoms with E-state index < -0.39 is 46.9 Å². The lowest BCUT2D eigenvalue weighted by molar-refractivity contribution is -0.205. The van der Waals surface area contributed by atoms with Gasteiger partial charge >= 0.3 is 10.4 Å². The van der Waals surface area contributed by atoms with Crippen molar-refractivity contribution < 1.29 is 42.4 Å². The number of aliphatic hydroxyl groups excluding tert-OH is 4. The molecule has 1 aliphatic heterocycles. The second kappa shape index (κ2) is 8.58. The lowest BCUT2D eigenvalue weighted by atomic mass is 10.0. The van der Waals surface area contributed by atoms with Crippen LogP contribution in [0.4, 0.5) is 0 Å². The van der Waals surface area contributed by atoms with Crippen LogP contribution < -0.4 is 0 Å². The Kier molecular flexibility index (Phi) is 7.67. The highest BCUT2D eigenvalue weighted by Gasteiger charge is 2.44. The lowest BCUT2D eigenvalue weighted by Gasteiger charge is -2.39. The average molecular weight is 375 g/mol. The van der Waals surface area contributed by atoms with Gasteiger partial charge in [-0.15, -0.1) is 0 Å². The van der Waals surface area contributed by atoms with Crippen molar-refractivity contribution in [3.63, 3.8) is 0 Å². The first-order valence-corrected chi connectivity index (χ1v) is 9.06. The maximum absolute atomic E-state index is 10.6. The molecule has 1 saturated heterocycles. The van der Waals surface area contributed by atoms with E-state index in [-0.39, 0.29) is 11.0 Å². The Morgan fingerprint density at radius 3 is 2.39 bits per heavy atom. The number of ether oxygens (including phenoxy) is 1. The fourth-order valence-electron chi connectivity index (χ4n) is 1.77. The van der Waals surface area contributed by atoms with Crippen LogP contribution in [0.1, 0.15) is 20.3 Å². The molecule has 0 radical (unpaired) electrons. The van der Waals surface area contributed by atoms with Gasteiger partial charge in [0.2, 0.25) is 0 Å². The van der Waals surface area contributed by atoms with E-state index in [1.807, 2.05) is 0 Å². The molecule has 1 unspecified atom stereocenters. The van der Waals surface area contributed by atoms with Gasteiger partial charge in [-0.3, -0.25) is 4.55 Å². The van der Waals surface area contributed by atoms with Crippen LogP contribution in [-0.2, 0) is 19.4 Å². The molecule has 23 heavy (non-hydrogen) atoms. The molecule has 0 amide bonds. The van der Waals surface area contributed by atoms with Gasteiger partial charge in [-0.1, -0.05) is 30.8 Å². The van der Waals surface area contributed by atoms with Crippen LogP contribution in [0.15, 0.2) is 5.16 Å². The van der Waals surface area contributed by atoms with Gasteiger partial charge in [-0.25, -0.2) is 4.28 Å². The van der Waals surface area contributed by atoms with Crippen molar-refractivity contribution in [1.82, 2.24) is 0 Å². The van der Waals surface area contributed by atoms with Gasteiger partial charge in [0.1, 0.15) is 34.9 Å². The topological polar surface area (TPSA) is 166 Å². The van der Waals surface area contributed by atoms with E-state index in [0.29, 0.717) is 6.42 Å². The summed E-state index contributed by atoms with van der Waals surface area (Å²) in [5.41, 5.74) is -1.12. The third-order valence-electron chi connectivity index (χ3n) is 3.34. The first kappa shape index (κ1) is 20.6. The van der Waals surface area contributed by atoms with Crippen LogP contribution >= 0.6 is 11.8 Å². The Labute approximate surface area is 138 Å². The third-order valence-corrected chi connectivity index (χ3v) is 4.94. The van der Waals surface area contributed by atoms with Crippen molar-refractivity contribution in [2.24, 2.45) is 11.1 Å². The quantitative estimate of drug-likeness (QED) is 0.163. The largest absolute Gasteiger partial charge is 0.466 e. The molecule has 1 rings (SSSR count). The van der Waals surface area contributed by atoms with Gasteiger partial charge in [0, 0.05) is 5.92 Å². The Bertz CT molecular complexity index is 510. The molecule has 0 aromatic carbocycles. The first-order valence-electron chi connectivity index (χ1n) is 6.81. The van der Waals surface area contributed by atoms with E-state index in [1.54, 1.807) is 13.8 Å². The predicted octanol–water partition coefficient (Wildman–Crippen LogP) is -1.30. The number of aliphatic hydroxyl groups is 4. The summed E-state index contributed by atoms with van der Waals surface area (Å²) in [5.74, 6) is -0.297. The highest BCUT2D eigenvalue weighted by Crippen LogP contribution is 2.31. The SMILES string of the molecule is CCC(C)/C(=N\OS(=O)(=O)O)S[C@@H]1O[C@H](CO)[C@@H](O)[C@H](O)[C@H]1O. The zero-order valence-corrected chi connectivity index (χ0v) is 14.1. The van der Waals surface area contributed by atoms with E-state index in [1.165, 1.54) is 0 Å². The Morgan fingerprint density at radius 1 is 1.30 bits per heavy atom. The molecule has 1 fully saturated rings. The van der Waals surface area contributed by atoms with Crippen molar-refractivity contribution in [1.29, 1.82) is 0 Å². The van der Waals surface area contributed by atoms with Crippen LogP contribution in [0.25, 0.3) is 0 Å². The molecule has 136 valence electrons. The fourth-order valence-corrected chi connectivity index (χ4v) is 3.21. The Hall–Kier alpha value is -0.470. The minimum Gasteiger partial charge on any atom is -0.394 e. The minimum atomic E-state index is -4.78. The smallest absolute Gasteiger partial charge is 0.394 e. The monoisotopic (exact) mass is 375 g/mol. The highest BCUT2D eigenvalue weighted by atomic mass is 32.3. The summed E-state index contributed by atoms with van der Waals surface area (Å²) >= 11 is 0.767. The number of hydrogen-bond donors (Lipinski definition) is 5. The summed E-state index contributed by atoms with van der Waals surface area (Å²) in [6.07, 6.45) is -5.11. The zero-order chi connectivity index (χ0) is 17.8. The average Bonchev–Trinajstić information content (AvgIpc) is 2.49. The molecular formula is C11H21NO9S2. The normalized spacial score (nSPS) is 34.2. The molecule has 5 N–H and O–H groups in total. The van der Waals surface area contributed by atoms with Crippen LogP contribution in [0.5, 0.6) is 0 Å². The van der Waals surface area contributed by atoms with Crippen LogP contribution in [0.2, 0.25) is 0 Å². The predicted molar refractivity (Wildman–Crippen MR) is 80.9 cm³/mol. The summed E-state index contributed by atoms with van der Waals surface area (Å²) in [4.78, 5) is 0. The van der Waals surface area contributed by atoms with E-state index in [0.717, 1.165) is 11.8 Å². The van der Waals surface area contributed by atoms with Crippen LogP contribution in [-0.4, -0.2) is 74.9 Å². The van der Waals surface area contributed by atoms with Crippen molar-refractivity contribution in [3.8, 4) is 0 Å². The highest BCUT2D eigenvalue weighted by molar-refractivity contribution is 8.14. The second-order valence-corrected chi connectivity index (χ2v) is 7.18. The number of thioether (sulfide) groups is 1. The molecular weight excluding hydrogens is 354 g/mol. The summed E-state index contributed by atoms with van der Waals surface area (Å²) in [6, 6.07) is 0. The molecule has 0 bridgehead atoms. The third kappa shape index (κ3) is 5.83. The number of rotatable bonds is 6. The molecule has 0 spiro atoms. The van der Waals surface area contributed by atoms with Crippen molar-refractivity contribution >= 4 is 27.2 Å². The molecule has 0 aliphatic carbocycles. The Balaban J connectivity index is 2.93. The number of nitrogens with zero attached hydrogens (tertiary/aromatic N) is 1. The maximum Gasteiger partial charge on any atom is 0.466 e. The standard InChI is InChI=1S/C11H21NO9S2/c1-3-5(2)10(12-21-23(17,18)19)22-11-9(16)8(15)7(14)6(4-13)20-11/h5-9,11,13-16H,3-4H2,1-2H3,(H,17,18,19)/b12-10+/t5?,6-,7-,8+,9-,11+/m1/s1. The molecule has 1 heterocycles. The first-order chi connectivity index (χ1) is 10.6. The summed E-state index contributed by atoms with van der Waals surface area (Å²) in [7, 11) is -4.78. The van der Waals surface area contributed by atoms with Gasteiger partial charge in [0.05, 0.1) is 6.61 Å². The molecule has 0 aromatic heterocycles. The number of oxime groups is 1. The molecule has 0 saturated carbocycles. The van der Waals surface area contributed by atoms with Gasteiger partial charge < -0.3 is 25.2 Å². The van der Waals surface area contributed by atoms with E-state index >= 15 is 0 Å². The lowest BCUT2D eigenvalue weighted by Crippen LogP contribution is -2.57. The van der Waals surface area contributed by atoms with Crippen LogP contribution in [0.3, 0.4) is 0 Å². The minimum absolute atomic E-state index is 0.0921. The Morgan fingerprint density at radius 2 is 1.91 bits per heavy atom. The second-order valence-electron chi connectivity index (χ2n) is 5.06. The van der Waals surface area contributed by atoms with Gasteiger partial charge in [0.15, 0.2) is 0 Å². The van der Waals surface area contributed by atoms with Crippen molar-refractivity contribution in [2.45, 2.75) is 50.1 Å². The molecule has 12 heteroatoms. The zero-order valence-electron chi connectivity index (χ0n) is 12.5. The summed E-state index contributed by atoms with van der Waals surface area (Å²) < 4.78 is 39.1. The van der Waals surface area contributed by atoms with Crippen LogP contribution in [0, 0.1) is 5.92 Å². The maximum atomic E-state index is 10.6. The van der Waals surface area contributed by atoms with Gasteiger partial charge in [-0.2, -0.15) is 8.42 Å². The van der Waals surface area contributed by atoms with Gasteiger partial charge in [-0.05, 0) is 6.42 Å². The molecule has 0 aromatic rings. The summed E-state index contributed by atoms with van der Waals surface area (Å²) in [6.45, 7) is 2.91. The fraction of sp³-hybridized carbons (Fsp3) is 0.909. The van der Waals surface area contributed by atoms with Crippen molar-refractivity contribution in [3.05, 3.63) is 0 Å².